The molecule has 3 unspecified atom stereocenters. The van der Waals surface area contributed by atoms with Crippen LogP contribution < -0.4 is 5.73 Å². The molecule has 3 atom stereocenters. The Balaban J connectivity index is 2.31. The standard InChI is InChI=1S/C11H25N3O/c1-9-6-14(5-4-11(12)8-15)7-10(2)13(9)3/h9-11,15H,4-8,12H2,1-3H3. The van der Waals surface area contributed by atoms with Crippen molar-refractivity contribution < 1.29 is 5.11 Å². The Morgan fingerprint density at radius 1 is 1.33 bits per heavy atom. The fourth-order valence-electron chi connectivity index (χ4n) is 2.14. The van der Waals surface area contributed by atoms with Gasteiger partial charge in [-0.1, -0.05) is 0 Å². The maximum atomic E-state index is 8.86. The zero-order valence-electron chi connectivity index (χ0n) is 10.2. The minimum atomic E-state index is -0.0599. The lowest BCUT2D eigenvalue weighted by atomic mass is 10.1. The molecule has 0 amide bonds. The van der Waals surface area contributed by atoms with Crippen LogP contribution in [-0.4, -0.2) is 66.3 Å². The molecular weight excluding hydrogens is 190 g/mol. The average Bonchev–Trinajstić information content (AvgIpc) is 2.22. The Kier molecular flexibility index (Phi) is 4.99. The van der Waals surface area contributed by atoms with Gasteiger partial charge in [0.2, 0.25) is 0 Å². The van der Waals surface area contributed by atoms with Crippen molar-refractivity contribution in [1.82, 2.24) is 9.80 Å². The Morgan fingerprint density at radius 2 is 1.87 bits per heavy atom. The summed E-state index contributed by atoms with van der Waals surface area (Å²) in [6.07, 6.45) is 0.889. The summed E-state index contributed by atoms with van der Waals surface area (Å²) in [7, 11) is 2.19. The average molecular weight is 215 g/mol. The van der Waals surface area contributed by atoms with Gasteiger partial charge >= 0.3 is 0 Å². The molecule has 0 bridgehead atoms. The van der Waals surface area contributed by atoms with E-state index in [-0.39, 0.29) is 12.6 Å². The molecule has 15 heavy (non-hydrogen) atoms. The summed E-state index contributed by atoms with van der Waals surface area (Å²) in [6, 6.07) is 1.16. The molecule has 4 heteroatoms. The third kappa shape index (κ3) is 3.72. The highest BCUT2D eigenvalue weighted by Crippen LogP contribution is 2.13. The number of aliphatic hydroxyl groups excluding tert-OH is 1. The lowest BCUT2D eigenvalue weighted by Crippen LogP contribution is -2.55. The van der Waals surface area contributed by atoms with Gasteiger partial charge in [0, 0.05) is 31.2 Å². The van der Waals surface area contributed by atoms with Gasteiger partial charge in [-0.25, -0.2) is 0 Å². The van der Waals surface area contributed by atoms with Crippen molar-refractivity contribution in [2.24, 2.45) is 5.73 Å². The van der Waals surface area contributed by atoms with E-state index in [9.17, 15) is 0 Å². The number of aliphatic hydroxyl groups is 1. The highest BCUT2D eigenvalue weighted by atomic mass is 16.3. The second-order valence-electron chi connectivity index (χ2n) is 4.85. The van der Waals surface area contributed by atoms with Gasteiger partial charge in [-0.15, -0.1) is 0 Å². The van der Waals surface area contributed by atoms with E-state index in [2.05, 4.69) is 30.7 Å². The number of rotatable bonds is 4. The second kappa shape index (κ2) is 5.80. The first kappa shape index (κ1) is 12.9. The molecule has 0 saturated carbocycles. The predicted molar refractivity (Wildman–Crippen MR) is 62.8 cm³/mol. The van der Waals surface area contributed by atoms with Crippen molar-refractivity contribution in [3.63, 3.8) is 0 Å². The van der Waals surface area contributed by atoms with E-state index in [1.807, 2.05) is 0 Å². The van der Waals surface area contributed by atoms with E-state index in [0.717, 1.165) is 26.1 Å². The molecule has 0 aliphatic carbocycles. The van der Waals surface area contributed by atoms with Gasteiger partial charge in [-0.05, 0) is 33.9 Å². The van der Waals surface area contributed by atoms with E-state index in [4.69, 9.17) is 10.8 Å². The van der Waals surface area contributed by atoms with Crippen molar-refractivity contribution in [3.05, 3.63) is 0 Å². The molecule has 0 spiro atoms. The summed E-state index contributed by atoms with van der Waals surface area (Å²) in [6.45, 7) is 7.84. The number of nitrogens with zero attached hydrogens (tertiary/aromatic N) is 2. The van der Waals surface area contributed by atoms with Crippen LogP contribution in [0.3, 0.4) is 0 Å². The van der Waals surface area contributed by atoms with Crippen molar-refractivity contribution >= 4 is 0 Å². The van der Waals surface area contributed by atoms with Crippen LogP contribution in [0.4, 0.5) is 0 Å². The smallest absolute Gasteiger partial charge is 0.0583 e. The Bertz CT molecular complexity index is 177. The van der Waals surface area contributed by atoms with E-state index < -0.39 is 0 Å². The van der Waals surface area contributed by atoms with Crippen molar-refractivity contribution in [2.75, 3.05) is 33.3 Å². The van der Waals surface area contributed by atoms with Crippen LogP contribution in [0.25, 0.3) is 0 Å². The SMILES string of the molecule is CC1CN(CCC(N)CO)CC(C)N1C. The summed E-state index contributed by atoms with van der Waals surface area (Å²) in [4.78, 5) is 4.87. The predicted octanol–water partition coefficient (Wildman–Crippen LogP) is -0.279. The van der Waals surface area contributed by atoms with Gasteiger partial charge in [0.25, 0.3) is 0 Å². The van der Waals surface area contributed by atoms with Gasteiger partial charge in [0.15, 0.2) is 0 Å². The highest BCUT2D eigenvalue weighted by Gasteiger charge is 2.26. The zero-order valence-corrected chi connectivity index (χ0v) is 10.2. The number of hydrogen-bond acceptors (Lipinski definition) is 4. The van der Waals surface area contributed by atoms with Gasteiger partial charge in [-0.3, -0.25) is 4.90 Å². The summed E-state index contributed by atoms with van der Waals surface area (Å²) < 4.78 is 0. The number of piperazine rings is 1. The molecule has 1 saturated heterocycles. The first-order valence-electron chi connectivity index (χ1n) is 5.85. The molecule has 1 rings (SSSR count). The Hall–Kier alpha value is -0.160. The van der Waals surface area contributed by atoms with Gasteiger partial charge in [0.05, 0.1) is 6.61 Å². The summed E-state index contributed by atoms with van der Waals surface area (Å²) in [5, 5.41) is 8.86. The molecule has 4 nitrogen and oxygen atoms in total. The van der Waals surface area contributed by atoms with Crippen LogP contribution in [0.1, 0.15) is 20.3 Å². The lowest BCUT2D eigenvalue weighted by Gasteiger charge is -2.42. The molecule has 0 radical (unpaired) electrons. The quantitative estimate of drug-likeness (QED) is 0.677. The highest BCUT2D eigenvalue weighted by molar-refractivity contribution is 4.83. The monoisotopic (exact) mass is 215 g/mol. The van der Waals surface area contributed by atoms with Gasteiger partial charge < -0.3 is 15.7 Å². The van der Waals surface area contributed by atoms with Crippen LogP contribution >= 0.6 is 0 Å². The Labute approximate surface area is 93.0 Å². The largest absolute Gasteiger partial charge is 0.395 e. The topological polar surface area (TPSA) is 52.7 Å². The third-order valence-electron chi connectivity index (χ3n) is 3.49. The normalized spacial score (nSPS) is 31.8. The van der Waals surface area contributed by atoms with Gasteiger partial charge in [0.1, 0.15) is 0 Å². The molecule has 3 N–H and O–H groups in total. The molecule has 90 valence electrons. The van der Waals surface area contributed by atoms with Crippen molar-refractivity contribution in [1.29, 1.82) is 0 Å². The summed E-state index contributed by atoms with van der Waals surface area (Å²) in [5.74, 6) is 0. The molecule has 1 aliphatic rings. The lowest BCUT2D eigenvalue weighted by molar-refractivity contribution is 0.0572. The van der Waals surface area contributed by atoms with Crippen LogP contribution in [0, 0.1) is 0 Å². The third-order valence-corrected chi connectivity index (χ3v) is 3.49. The fourth-order valence-corrected chi connectivity index (χ4v) is 2.14. The molecule has 0 aromatic heterocycles. The molecule has 0 aromatic rings. The first-order valence-corrected chi connectivity index (χ1v) is 5.85. The maximum absolute atomic E-state index is 8.86. The zero-order chi connectivity index (χ0) is 11.4. The van der Waals surface area contributed by atoms with Crippen molar-refractivity contribution in [3.8, 4) is 0 Å². The molecule has 1 aliphatic heterocycles. The number of likely N-dealkylation sites (N-methyl/N-ethyl adjacent to an activating group) is 1. The summed E-state index contributed by atoms with van der Waals surface area (Å²) >= 11 is 0. The van der Waals surface area contributed by atoms with Crippen molar-refractivity contribution in [2.45, 2.75) is 38.4 Å². The van der Waals surface area contributed by atoms with E-state index in [1.165, 1.54) is 0 Å². The molecule has 1 fully saturated rings. The molecule has 0 aromatic carbocycles. The first-order chi connectivity index (χ1) is 7.04. The Morgan fingerprint density at radius 3 is 2.33 bits per heavy atom. The van der Waals surface area contributed by atoms with Crippen LogP contribution in [0.15, 0.2) is 0 Å². The minimum Gasteiger partial charge on any atom is -0.395 e. The van der Waals surface area contributed by atoms with E-state index in [0.29, 0.717) is 12.1 Å². The van der Waals surface area contributed by atoms with Gasteiger partial charge in [-0.2, -0.15) is 0 Å². The minimum absolute atomic E-state index is 0.0599. The molecule has 1 heterocycles. The van der Waals surface area contributed by atoms with E-state index >= 15 is 0 Å². The second-order valence-corrected chi connectivity index (χ2v) is 4.85. The van der Waals surface area contributed by atoms with E-state index in [1.54, 1.807) is 0 Å². The van der Waals surface area contributed by atoms with Crippen LogP contribution in [0.5, 0.6) is 0 Å². The fraction of sp³-hybridized carbons (Fsp3) is 1.00. The summed E-state index contributed by atoms with van der Waals surface area (Å²) in [5.41, 5.74) is 5.70. The van der Waals surface area contributed by atoms with Crippen LogP contribution in [0.2, 0.25) is 0 Å². The number of nitrogens with two attached hydrogens (primary N) is 1. The van der Waals surface area contributed by atoms with Crippen LogP contribution in [-0.2, 0) is 0 Å². The maximum Gasteiger partial charge on any atom is 0.0583 e. The number of hydrogen-bond donors (Lipinski definition) is 2. The molecular formula is C11H25N3O.